The molecule has 0 saturated heterocycles. The van der Waals surface area contributed by atoms with Crippen LogP contribution in [0.2, 0.25) is 0 Å². The van der Waals surface area contributed by atoms with Crippen molar-refractivity contribution in [2.75, 3.05) is 0 Å². The molecule has 0 atom stereocenters. The molecule has 0 radical (unpaired) electrons. The second-order valence-electron chi connectivity index (χ2n) is 3.14. The van der Waals surface area contributed by atoms with E-state index < -0.39 is 0 Å². The molecule has 0 aliphatic rings. The zero-order valence-corrected chi connectivity index (χ0v) is 11.9. The predicted octanol–water partition coefficient (Wildman–Crippen LogP) is 2.30. The maximum Gasteiger partial charge on any atom is 0.130 e. The summed E-state index contributed by atoms with van der Waals surface area (Å²) < 4.78 is 1.00. The fourth-order valence-corrected chi connectivity index (χ4v) is 1.51. The number of hydrogen-bond acceptors (Lipinski definition) is 2. The van der Waals surface area contributed by atoms with Gasteiger partial charge in [-0.15, -0.1) is 25.3 Å². The minimum absolute atomic E-state index is 0.500. The Hall–Kier alpha value is -0.300. The van der Waals surface area contributed by atoms with Crippen LogP contribution in [0.1, 0.15) is 11.1 Å². The molecule has 0 heterocycles. The Morgan fingerprint density at radius 2 is 1.44 bits per heavy atom. The van der Waals surface area contributed by atoms with Gasteiger partial charge in [0.05, 0.1) is 0 Å². The Kier molecular flexibility index (Phi) is 6.12. The lowest BCUT2D eigenvalue weighted by Gasteiger charge is -2.07. The molecule has 0 spiro atoms. The minimum Gasteiger partial charge on any atom is -0.367 e. The van der Waals surface area contributed by atoms with Crippen molar-refractivity contribution in [3.63, 3.8) is 0 Å². The second-order valence-corrected chi connectivity index (χ2v) is 5.45. The molecule has 2 nitrogen and oxygen atoms in total. The first-order chi connectivity index (χ1) is 7.58. The highest BCUT2D eigenvalue weighted by atomic mass is 32.1. The van der Waals surface area contributed by atoms with Gasteiger partial charge in [-0.1, -0.05) is 48.7 Å². The van der Waals surface area contributed by atoms with Crippen molar-refractivity contribution in [1.82, 2.24) is 10.6 Å². The highest BCUT2D eigenvalue weighted by Crippen LogP contribution is 2.05. The van der Waals surface area contributed by atoms with Crippen molar-refractivity contribution in [2.45, 2.75) is 13.1 Å². The molecule has 2 N–H and O–H groups in total. The molecule has 0 aromatic heterocycles. The van der Waals surface area contributed by atoms with E-state index >= 15 is 0 Å². The third-order valence-electron chi connectivity index (χ3n) is 1.88. The van der Waals surface area contributed by atoms with Crippen molar-refractivity contribution >= 4 is 58.3 Å². The van der Waals surface area contributed by atoms with E-state index in [4.69, 9.17) is 24.4 Å². The van der Waals surface area contributed by atoms with E-state index in [1.165, 1.54) is 0 Å². The van der Waals surface area contributed by atoms with E-state index in [0.29, 0.717) is 21.7 Å². The normalized spacial score (nSPS) is 9.62. The summed E-state index contributed by atoms with van der Waals surface area (Å²) in [6, 6.07) is 8.14. The van der Waals surface area contributed by atoms with E-state index in [1.807, 2.05) is 18.2 Å². The predicted molar refractivity (Wildman–Crippen MR) is 83.3 cm³/mol. The summed E-state index contributed by atoms with van der Waals surface area (Å²) >= 11 is 17.7. The average molecular weight is 288 g/mol. The molecule has 1 rings (SSSR count). The molecular weight excluding hydrogens is 276 g/mol. The van der Waals surface area contributed by atoms with Crippen LogP contribution in [0.15, 0.2) is 24.3 Å². The van der Waals surface area contributed by atoms with Gasteiger partial charge in [0.1, 0.15) is 8.64 Å². The van der Waals surface area contributed by atoms with Crippen molar-refractivity contribution in [2.24, 2.45) is 0 Å². The van der Waals surface area contributed by atoms with Crippen LogP contribution in [0.4, 0.5) is 0 Å². The molecule has 0 bridgehead atoms. The maximum atomic E-state index is 4.83. The number of hydrogen-bond donors (Lipinski definition) is 4. The highest BCUT2D eigenvalue weighted by molar-refractivity contribution is 8.11. The number of nitrogens with one attached hydrogen (secondary N) is 2. The van der Waals surface area contributed by atoms with Gasteiger partial charge < -0.3 is 10.6 Å². The SMILES string of the molecule is S=C(S)NCc1cccc(CNC(=S)S)c1. The van der Waals surface area contributed by atoms with Crippen LogP contribution in [-0.2, 0) is 13.1 Å². The smallest absolute Gasteiger partial charge is 0.130 e. The largest absolute Gasteiger partial charge is 0.367 e. The van der Waals surface area contributed by atoms with Gasteiger partial charge in [-0.2, -0.15) is 0 Å². The molecular formula is C10H12N2S4. The van der Waals surface area contributed by atoms with Gasteiger partial charge in [0, 0.05) is 13.1 Å². The molecule has 0 amide bonds. The lowest BCUT2D eigenvalue weighted by Crippen LogP contribution is -2.17. The molecule has 6 heteroatoms. The maximum absolute atomic E-state index is 4.83. The summed E-state index contributed by atoms with van der Waals surface area (Å²) in [5.41, 5.74) is 2.31. The van der Waals surface area contributed by atoms with Crippen LogP contribution in [0.5, 0.6) is 0 Å². The number of thiol groups is 2. The van der Waals surface area contributed by atoms with Crippen molar-refractivity contribution < 1.29 is 0 Å². The van der Waals surface area contributed by atoms with Gasteiger partial charge in [0.2, 0.25) is 0 Å². The molecule has 0 aliphatic heterocycles. The lowest BCUT2D eigenvalue weighted by molar-refractivity contribution is 0.909. The Bertz CT molecular complexity index is 359. The van der Waals surface area contributed by atoms with Crippen LogP contribution in [0, 0.1) is 0 Å². The monoisotopic (exact) mass is 288 g/mol. The first-order valence-electron chi connectivity index (χ1n) is 4.59. The van der Waals surface area contributed by atoms with Crippen molar-refractivity contribution in [3.8, 4) is 0 Å². The quantitative estimate of drug-likeness (QED) is 0.504. The Morgan fingerprint density at radius 1 is 1.00 bits per heavy atom. The standard InChI is InChI=1S/C10H12N2S4/c13-9(14)11-5-7-2-1-3-8(4-7)6-12-10(15)16/h1-4H,5-6H2,(H2,11,13,14)(H2,12,15,16). The Labute approximate surface area is 117 Å². The van der Waals surface area contributed by atoms with Gasteiger partial charge in [-0.05, 0) is 11.1 Å². The number of thiocarbonyl (C=S) groups is 2. The zero-order valence-electron chi connectivity index (χ0n) is 8.43. The molecule has 0 fully saturated rings. The topological polar surface area (TPSA) is 24.1 Å². The molecule has 0 aliphatic carbocycles. The van der Waals surface area contributed by atoms with E-state index in [1.54, 1.807) is 0 Å². The second kappa shape index (κ2) is 7.11. The zero-order chi connectivity index (χ0) is 12.0. The summed E-state index contributed by atoms with van der Waals surface area (Å²) in [5, 5.41) is 5.98. The van der Waals surface area contributed by atoms with Gasteiger partial charge in [0.25, 0.3) is 0 Å². The Morgan fingerprint density at radius 3 is 1.81 bits per heavy atom. The summed E-state index contributed by atoms with van der Waals surface area (Å²) in [6.45, 7) is 1.36. The summed E-state index contributed by atoms with van der Waals surface area (Å²) in [7, 11) is 0. The van der Waals surface area contributed by atoms with Crippen LogP contribution in [-0.4, -0.2) is 8.64 Å². The van der Waals surface area contributed by atoms with Gasteiger partial charge in [-0.3, -0.25) is 0 Å². The fraction of sp³-hybridized carbons (Fsp3) is 0.200. The molecule has 0 unspecified atom stereocenters. The first-order valence-corrected chi connectivity index (χ1v) is 6.30. The van der Waals surface area contributed by atoms with E-state index in [9.17, 15) is 0 Å². The fourth-order valence-electron chi connectivity index (χ4n) is 1.20. The van der Waals surface area contributed by atoms with Gasteiger partial charge >= 0.3 is 0 Å². The Balaban J connectivity index is 2.56. The van der Waals surface area contributed by atoms with Crippen LogP contribution < -0.4 is 10.6 Å². The van der Waals surface area contributed by atoms with E-state index in [-0.39, 0.29) is 0 Å². The number of benzene rings is 1. The molecule has 0 saturated carbocycles. The third kappa shape index (κ3) is 5.69. The van der Waals surface area contributed by atoms with Crippen molar-refractivity contribution in [1.29, 1.82) is 0 Å². The summed E-state index contributed by atoms with van der Waals surface area (Å²) in [4.78, 5) is 0. The molecule has 1 aromatic rings. The molecule has 16 heavy (non-hydrogen) atoms. The summed E-state index contributed by atoms with van der Waals surface area (Å²) in [5.74, 6) is 0. The molecule has 86 valence electrons. The van der Waals surface area contributed by atoms with Gasteiger partial charge in [-0.25, -0.2) is 0 Å². The van der Waals surface area contributed by atoms with Crippen molar-refractivity contribution in [3.05, 3.63) is 35.4 Å². The van der Waals surface area contributed by atoms with E-state index in [0.717, 1.165) is 11.1 Å². The summed E-state index contributed by atoms with van der Waals surface area (Å²) in [6.07, 6.45) is 0. The lowest BCUT2D eigenvalue weighted by atomic mass is 10.1. The van der Waals surface area contributed by atoms with Crippen LogP contribution in [0.25, 0.3) is 0 Å². The minimum atomic E-state index is 0.500. The van der Waals surface area contributed by atoms with E-state index in [2.05, 4.69) is 42.0 Å². The average Bonchev–Trinajstić information content (AvgIpc) is 2.24. The first kappa shape index (κ1) is 13.8. The number of rotatable bonds is 4. The van der Waals surface area contributed by atoms with Gasteiger partial charge in [0.15, 0.2) is 0 Å². The third-order valence-corrected chi connectivity index (χ3v) is 2.48. The highest BCUT2D eigenvalue weighted by Gasteiger charge is 1.97. The van der Waals surface area contributed by atoms with Crippen LogP contribution in [0.3, 0.4) is 0 Å². The van der Waals surface area contributed by atoms with Crippen LogP contribution >= 0.6 is 49.7 Å². The molecule has 1 aromatic carbocycles.